The molecular weight excluding hydrogens is 278 g/mol. The molecule has 0 aliphatic heterocycles. The predicted octanol–water partition coefficient (Wildman–Crippen LogP) is 0.474. The van der Waals surface area contributed by atoms with E-state index in [2.05, 4.69) is 5.32 Å². The number of carbonyl (C=O) groups is 1. The van der Waals surface area contributed by atoms with Gasteiger partial charge in [0, 0.05) is 26.3 Å². The first kappa shape index (κ1) is 17.0. The van der Waals surface area contributed by atoms with E-state index in [1.165, 1.54) is 18.2 Å². The van der Waals surface area contributed by atoms with Gasteiger partial charge in [-0.05, 0) is 6.07 Å². The summed E-state index contributed by atoms with van der Waals surface area (Å²) in [7, 11) is 1.55. The molecule has 1 aromatic carbocycles. The summed E-state index contributed by atoms with van der Waals surface area (Å²) in [5.74, 6) is -0.381. The van der Waals surface area contributed by atoms with Gasteiger partial charge in [0.05, 0.1) is 24.7 Å². The number of nitro groups is 1. The molecule has 1 rings (SSSR count). The van der Waals surface area contributed by atoms with Gasteiger partial charge in [-0.2, -0.15) is 0 Å². The van der Waals surface area contributed by atoms with Gasteiger partial charge in [-0.25, -0.2) is 0 Å². The van der Waals surface area contributed by atoms with Crippen molar-refractivity contribution >= 4 is 17.3 Å². The number of benzene rings is 1. The Morgan fingerprint density at radius 1 is 1.43 bits per heavy atom. The molecule has 0 bridgehead atoms. The van der Waals surface area contributed by atoms with Crippen molar-refractivity contribution < 1.29 is 19.6 Å². The van der Waals surface area contributed by atoms with Crippen LogP contribution in [0.3, 0.4) is 0 Å². The smallest absolute Gasteiger partial charge is 0.292 e. The van der Waals surface area contributed by atoms with Gasteiger partial charge >= 0.3 is 0 Å². The van der Waals surface area contributed by atoms with Crippen molar-refractivity contribution in [3.63, 3.8) is 0 Å². The summed E-state index contributed by atoms with van der Waals surface area (Å²) in [6, 6.07) is 5.94. The lowest BCUT2D eigenvalue weighted by Gasteiger charge is -2.20. The van der Waals surface area contributed by atoms with E-state index in [9.17, 15) is 14.9 Å². The Morgan fingerprint density at radius 3 is 2.76 bits per heavy atom. The van der Waals surface area contributed by atoms with Crippen molar-refractivity contribution in [3.8, 4) is 0 Å². The third-order valence-corrected chi connectivity index (χ3v) is 2.77. The number of aliphatic hydroxyl groups is 1. The minimum Gasteiger partial charge on any atom is -0.395 e. The van der Waals surface area contributed by atoms with Crippen molar-refractivity contribution in [2.24, 2.45) is 0 Å². The quantitative estimate of drug-likeness (QED) is 0.507. The van der Waals surface area contributed by atoms with E-state index in [4.69, 9.17) is 9.84 Å². The minimum absolute atomic E-state index is 0.0238. The van der Waals surface area contributed by atoms with Crippen molar-refractivity contribution in [3.05, 3.63) is 34.4 Å². The van der Waals surface area contributed by atoms with Crippen LogP contribution in [0.15, 0.2) is 24.3 Å². The van der Waals surface area contributed by atoms with Crippen LogP contribution in [0.1, 0.15) is 0 Å². The molecule has 0 aliphatic rings. The van der Waals surface area contributed by atoms with Gasteiger partial charge in [-0.15, -0.1) is 0 Å². The average molecular weight is 297 g/mol. The zero-order valence-corrected chi connectivity index (χ0v) is 11.8. The highest BCUT2D eigenvalue weighted by Gasteiger charge is 2.16. The van der Waals surface area contributed by atoms with Crippen LogP contribution in [-0.2, 0) is 9.53 Å². The highest BCUT2D eigenvalue weighted by atomic mass is 16.6. The fourth-order valence-corrected chi connectivity index (χ4v) is 1.76. The van der Waals surface area contributed by atoms with E-state index >= 15 is 0 Å². The number of rotatable bonds is 9. The molecule has 2 N–H and O–H groups in total. The van der Waals surface area contributed by atoms with Gasteiger partial charge in [0.15, 0.2) is 0 Å². The Kier molecular flexibility index (Phi) is 7.30. The van der Waals surface area contributed by atoms with E-state index in [0.29, 0.717) is 19.7 Å². The monoisotopic (exact) mass is 297 g/mol. The van der Waals surface area contributed by atoms with Crippen LogP contribution in [0.25, 0.3) is 0 Å². The largest absolute Gasteiger partial charge is 0.395 e. The number of carbonyl (C=O) groups excluding carboxylic acids is 1. The lowest BCUT2D eigenvalue weighted by molar-refractivity contribution is -0.383. The van der Waals surface area contributed by atoms with Crippen LogP contribution >= 0.6 is 0 Å². The van der Waals surface area contributed by atoms with E-state index < -0.39 is 4.92 Å². The first-order valence-corrected chi connectivity index (χ1v) is 6.44. The van der Waals surface area contributed by atoms with Crippen LogP contribution in [-0.4, -0.2) is 60.8 Å². The zero-order valence-electron chi connectivity index (χ0n) is 11.8. The molecule has 0 aromatic heterocycles. The molecule has 0 saturated heterocycles. The second-order valence-corrected chi connectivity index (χ2v) is 4.31. The summed E-state index contributed by atoms with van der Waals surface area (Å²) >= 11 is 0. The number of ether oxygens (including phenoxy) is 1. The number of hydrogen-bond acceptors (Lipinski definition) is 6. The van der Waals surface area contributed by atoms with Crippen LogP contribution in [0.4, 0.5) is 11.4 Å². The summed E-state index contributed by atoms with van der Waals surface area (Å²) in [5.41, 5.74) is -0.000334. The van der Waals surface area contributed by atoms with Crippen LogP contribution in [0.5, 0.6) is 0 Å². The number of nitrogens with zero attached hydrogens (tertiary/aromatic N) is 2. The normalized spacial score (nSPS) is 10.6. The Morgan fingerprint density at radius 2 is 2.14 bits per heavy atom. The Balaban J connectivity index is 2.65. The number of anilines is 1. The number of nitrogens with one attached hydrogen (secondary N) is 1. The molecule has 8 nitrogen and oxygen atoms in total. The summed E-state index contributed by atoms with van der Waals surface area (Å²) in [5, 5.41) is 22.3. The Bertz CT molecular complexity index is 481. The third-order valence-electron chi connectivity index (χ3n) is 2.77. The van der Waals surface area contributed by atoms with Crippen molar-refractivity contribution in [1.82, 2.24) is 4.90 Å². The molecule has 116 valence electrons. The SMILES string of the molecule is COCCN(CCO)CC(=O)Nc1ccccc1[N+](=O)[O-]. The molecule has 0 fully saturated rings. The molecule has 0 saturated carbocycles. The highest BCUT2D eigenvalue weighted by molar-refractivity contribution is 5.94. The third kappa shape index (κ3) is 5.86. The Labute approximate surface area is 122 Å². The van der Waals surface area contributed by atoms with Gasteiger partial charge in [-0.3, -0.25) is 19.8 Å². The number of para-hydroxylation sites is 2. The summed E-state index contributed by atoms with van der Waals surface area (Å²) in [6.45, 7) is 1.19. The summed E-state index contributed by atoms with van der Waals surface area (Å²) < 4.78 is 4.92. The van der Waals surface area contributed by atoms with Gasteiger partial charge in [-0.1, -0.05) is 12.1 Å². The highest BCUT2D eigenvalue weighted by Crippen LogP contribution is 2.22. The molecule has 0 atom stereocenters. The standard InChI is InChI=1S/C13H19N3O5/c1-21-9-7-15(6-8-17)10-13(18)14-11-4-2-3-5-12(11)16(19)20/h2-5,17H,6-10H2,1H3,(H,14,18). The van der Waals surface area contributed by atoms with E-state index in [1.807, 2.05) is 0 Å². The average Bonchev–Trinajstić information content (AvgIpc) is 2.45. The number of hydrogen-bond donors (Lipinski definition) is 2. The second kappa shape index (κ2) is 9.01. The van der Waals surface area contributed by atoms with E-state index in [1.54, 1.807) is 18.1 Å². The maximum Gasteiger partial charge on any atom is 0.292 e. The van der Waals surface area contributed by atoms with Gasteiger partial charge in [0.1, 0.15) is 5.69 Å². The minimum atomic E-state index is -0.550. The maximum atomic E-state index is 11.9. The molecule has 1 amide bonds. The second-order valence-electron chi connectivity index (χ2n) is 4.31. The van der Waals surface area contributed by atoms with Crippen LogP contribution < -0.4 is 5.32 Å². The lowest BCUT2D eigenvalue weighted by atomic mass is 10.2. The van der Waals surface area contributed by atoms with E-state index in [0.717, 1.165) is 0 Å². The Hall–Kier alpha value is -2.03. The molecule has 1 aromatic rings. The molecule has 0 spiro atoms. The number of methoxy groups -OCH3 is 1. The van der Waals surface area contributed by atoms with Gasteiger partial charge in [0.2, 0.25) is 5.91 Å². The molecule has 8 heteroatoms. The number of aliphatic hydroxyl groups excluding tert-OH is 1. The summed E-state index contributed by atoms with van der Waals surface area (Å²) in [6.07, 6.45) is 0. The van der Waals surface area contributed by atoms with Crippen molar-refractivity contribution in [1.29, 1.82) is 0 Å². The lowest BCUT2D eigenvalue weighted by Crippen LogP contribution is -2.37. The molecule has 0 aliphatic carbocycles. The van der Waals surface area contributed by atoms with Crippen molar-refractivity contribution in [2.75, 3.05) is 45.3 Å². The molecule has 0 radical (unpaired) electrons. The number of amides is 1. The summed E-state index contributed by atoms with van der Waals surface area (Å²) in [4.78, 5) is 24.0. The maximum absolute atomic E-state index is 11.9. The molecule has 0 heterocycles. The fourth-order valence-electron chi connectivity index (χ4n) is 1.76. The number of nitro benzene ring substituents is 1. The van der Waals surface area contributed by atoms with E-state index in [-0.39, 0.29) is 30.4 Å². The predicted molar refractivity (Wildman–Crippen MR) is 77.1 cm³/mol. The zero-order chi connectivity index (χ0) is 15.7. The van der Waals surface area contributed by atoms with Gasteiger partial charge < -0.3 is 15.2 Å². The first-order valence-electron chi connectivity index (χ1n) is 6.44. The molecule has 21 heavy (non-hydrogen) atoms. The molecular formula is C13H19N3O5. The molecule has 0 unspecified atom stereocenters. The van der Waals surface area contributed by atoms with Crippen LogP contribution in [0.2, 0.25) is 0 Å². The first-order chi connectivity index (χ1) is 10.1. The fraction of sp³-hybridized carbons (Fsp3) is 0.462. The van der Waals surface area contributed by atoms with Crippen LogP contribution in [0, 0.1) is 10.1 Å². The van der Waals surface area contributed by atoms with Gasteiger partial charge in [0.25, 0.3) is 5.69 Å². The topological polar surface area (TPSA) is 105 Å². The van der Waals surface area contributed by atoms with Crippen molar-refractivity contribution in [2.45, 2.75) is 0 Å².